The number of rotatable bonds is 7. The van der Waals surface area contributed by atoms with Crippen LogP contribution in [-0.2, 0) is 17.9 Å². The summed E-state index contributed by atoms with van der Waals surface area (Å²) in [5, 5.41) is 3.49. The zero-order valence-electron chi connectivity index (χ0n) is 13.8. The number of aryl methyl sites for hydroxylation is 1. The van der Waals surface area contributed by atoms with Crippen LogP contribution in [0.25, 0.3) is 0 Å². The summed E-state index contributed by atoms with van der Waals surface area (Å²) in [6, 6.07) is 16.6. The highest BCUT2D eigenvalue weighted by atomic mass is 16.5. The van der Waals surface area contributed by atoms with E-state index in [9.17, 15) is 0 Å². The molecule has 1 aliphatic rings. The van der Waals surface area contributed by atoms with Crippen LogP contribution in [0.3, 0.4) is 0 Å². The summed E-state index contributed by atoms with van der Waals surface area (Å²) >= 11 is 0. The van der Waals surface area contributed by atoms with Crippen LogP contribution in [0.5, 0.6) is 5.75 Å². The molecule has 1 heterocycles. The maximum absolute atomic E-state index is 6.06. The molecule has 2 aromatic rings. The van der Waals surface area contributed by atoms with Crippen molar-refractivity contribution in [1.82, 2.24) is 5.32 Å². The van der Waals surface area contributed by atoms with Crippen molar-refractivity contribution in [3.8, 4) is 5.75 Å². The molecule has 1 aliphatic heterocycles. The molecule has 0 unspecified atom stereocenters. The highest BCUT2D eigenvalue weighted by Crippen LogP contribution is 2.20. The molecule has 0 saturated carbocycles. The molecule has 1 saturated heterocycles. The van der Waals surface area contributed by atoms with E-state index < -0.39 is 0 Å². The molecule has 0 bridgehead atoms. The molecule has 3 rings (SSSR count). The summed E-state index contributed by atoms with van der Waals surface area (Å²) in [6.45, 7) is 5.35. The van der Waals surface area contributed by atoms with Crippen LogP contribution >= 0.6 is 0 Å². The molecule has 0 amide bonds. The van der Waals surface area contributed by atoms with Gasteiger partial charge in [-0.2, -0.15) is 0 Å². The first-order valence-electron chi connectivity index (χ1n) is 8.40. The minimum Gasteiger partial charge on any atom is -0.489 e. The number of benzene rings is 2. The van der Waals surface area contributed by atoms with Crippen molar-refractivity contribution in [3.05, 3.63) is 65.2 Å². The summed E-state index contributed by atoms with van der Waals surface area (Å²) < 4.78 is 11.7. The fourth-order valence-electron chi connectivity index (χ4n) is 2.89. The molecule has 2 aromatic carbocycles. The normalized spacial score (nSPS) is 17.3. The Balaban J connectivity index is 1.55. The van der Waals surface area contributed by atoms with Gasteiger partial charge >= 0.3 is 0 Å². The largest absolute Gasteiger partial charge is 0.489 e. The highest BCUT2D eigenvalue weighted by Gasteiger charge is 2.14. The zero-order chi connectivity index (χ0) is 15.9. The van der Waals surface area contributed by atoms with Gasteiger partial charge in [-0.1, -0.05) is 42.5 Å². The number of hydrogen-bond acceptors (Lipinski definition) is 3. The second kappa shape index (κ2) is 8.14. The number of para-hydroxylation sites is 1. The molecule has 1 atom stereocenters. The van der Waals surface area contributed by atoms with E-state index in [-0.39, 0.29) is 0 Å². The summed E-state index contributed by atoms with van der Waals surface area (Å²) in [7, 11) is 0. The average molecular weight is 311 g/mol. The molecule has 3 heteroatoms. The fraction of sp³-hybridized carbons (Fsp3) is 0.400. The van der Waals surface area contributed by atoms with Gasteiger partial charge in [0.2, 0.25) is 0 Å². The average Bonchev–Trinajstić information content (AvgIpc) is 3.09. The third-order valence-electron chi connectivity index (χ3n) is 4.33. The zero-order valence-corrected chi connectivity index (χ0v) is 13.8. The molecule has 0 aromatic heterocycles. The Kier molecular flexibility index (Phi) is 5.67. The van der Waals surface area contributed by atoms with Crippen LogP contribution in [-0.4, -0.2) is 19.3 Å². The molecular formula is C20H25NO2. The lowest BCUT2D eigenvalue weighted by Crippen LogP contribution is -2.26. The molecule has 3 nitrogen and oxygen atoms in total. The van der Waals surface area contributed by atoms with Gasteiger partial charge in [-0.15, -0.1) is 0 Å². The quantitative estimate of drug-likeness (QED) is 0.842. The van der Waals surface area contributed by atoms with Gasteiger partial charge in [-0.3, -0.25) is 0 Å². The second-order valence-corrected chi connectivity index (χ2v) is 6.09. The molecule has 0 radical (unpaired) electrons. The third kappa shape index (κ3) is 4.57. The van der Waals surface area contributed by atoms with Gasteiger partial charge in [-0.05, 0) is 37.0 Å². The fourth-order valence-corrected chi connectivity index (χ4v) is 2.89. The second-order valence-electron chi connectivity index (χ2n) is 6.09. The van der Waals surface area contributed by atoms with Gasteiger partial charge in [0.05, 0.1) is 6.10 Å². The first-order chi connectivity index (χ1) is 11.3. The molecule has 122 valence electrons. The smallest absolute Gasteiger partial charge is 0.124 e. The van der Waals surface area contributed by atoms with Gasteiger partial charge < -0.3 is 14.8 Å². The van der Waals surface area contributed by atoms with Crippen LogP contribution in [0, 0.1) is 6.92 Å². The van der Waals surface area contributed by atoms with Gasteiger partial charge in [0.1, 0.15) is 12.4 Å². The molecule has 0 aliphatic carbocycles. The van der Waals surface area contributed by atoms with Crippen LogP contribution in [0.4, 0.5) is 0 Å². The predicted octanol–water partition coefficient (Wildman–Crippen LogP) is 3.84. The maximum atomic E-state index is 6.06. The van der Waals surface area contributed by atoms with Crippen molar-refractivity contribution < 1.29 is 9.47 Å². The lowest BCUT2D eigenvalue weighted by atomic mass is 10.1. The third-order valence-corrected chi connectivity index (χ3v) is 4.33. The predicted molar refractivity (Wildman–Crippen MR) is 92.6 cm³/mol. The van der Waals surface area contributed by atoms with Crippen molar-refractivity contribution in [2.45, 2.75) is 39.0 Å². The highest BCUT2D eigenvalue weighted by molar-refractivity contribution is 5.34. The van der Waals surface area contributed by atoms with E-state index in [4.69, 9.17) is 9.47 Å². The summed E-state index contributed by atoms with van der Waals surface area (Å²) in [5.74, 6) is 0.954. The minimum atomic E-state index is 0.370. The molecule has 1 N–H and O–H groups in total. The van der Waals surface area contributed by atoms with Crippen molar-refractivity contribution >= 4 is 0 Å². The van der Waals surface area contributed by atoms with E-state index in [1.165, 1.54) is 29.5 Å². The lowest BCUT2D eigenvalue weighted by molar-refractivity contribution is 0.110. The maximum Gasteiger partial charge on any atom is 0.124 e. The Hall–Kier alpha value is -1.84. The molecule has 1 fully saturated rings. The summed E-state index contributed by atoms with van der Waals surface area (Å²) in [4.78, 5) is 0. The Labute approximate surface area is 138 Å². The van der Waals surface area contributed by atoms with Crippen molar-refractivity contribution in [3.63, 3.8) is 0 Å². The van der Waals surface area contributed by atoms with E-state index in [1.807, 2.05) is 12.1 Å². The van der Waals surface area contributed by atoms with E-state index in [1.54, 1.807) is 0 Å². The van der Waals surface area contributed by atoms with Gasteiger partial charge in [0.25, 0.3) is 0 Å². The Morgan fingerprint density at radius 2 is 1.87 bits per heavy atom. The standard InChI is InChI=1S/C20H25NO2/c1-16-7-2-3-9-18(16)15-23-20-11-5-4-8-17(20)13-21-14-19-10-6-12-22-19/h2-5,7-9,11,19,21H,6,10,12-15H2,1H3/t19-/m0/s1. The summed E-state index contributed by atoms with van der Waals surface area (Å²) in [5.41, 5.74) is 3.69. The number of nitrogens with one attached hydrogen (secondary N) is 1. The molecule has 0 spiro atoms. The minimum absolute atomic E-state index is 0.370. The molecular weight excluding hydrogens is 286 g/mol. The Morgan fingerprint density at radius 1 is 1.09 bits per heavy atom. The van der Waals surface area contributed by atoms with Crippen LogP contribution < -0.4 is 10.1 Å². The van der Waals surface area contributed by atoms with Crippen molar-refractivity contribution in [2.24, 2.45) is 0 Å². The van der Waals surface area contributed by atoms with Crippen LogP contribution in [0.15, 0.2) is 48.5 Å². The topological polar surface area (TPSA) is 30.5 Å². The number of hydrogen-bond donors (Lipinski definition) is 1. The molecule has 23 heavy (non-hydrogen) atoms. The van der Waals surface area contributed by atoms with E-state index in [2.05, 4.69) is 48.6 Å². The SMILES string of the molecule is Cc1ccccc1COc1ccccc1CNC[C@@H]1CCCO1. The van der Waals surface area contributed by atoms with Crippen molar-refractivity contribution in [1.29, 1.82) is 0 Å². The van der Waals surface area contributed by atoms with Gasteiger partial charge in [0, 0.05) is 25.3 Å². The summed E-state index contributed by atoms with van der Waals surface area (Å²) in [6.07, 6.45) is 2.72. The number of ether oxygens (including phenoxy) is 2. The van der Waals surface area contributed by atoms with Crippen molar-refractivity contribution in [2.75, 3.05) is 13.2 Å². The van der Waals surface area contributed by atoms with E-state index >= 15 is 0 Å². The first kappa shape index (κ1) is 16.0. The Bertz CT molecular complexity index is 621. The van der Waals surface area contributed by atoms with Gasteiger partial charge in [-0.25, -0.2) is 0 Å². The first-order valence-corrected chi connectivity index (χ1v) is 8.40. The Morgan fingerprint density at radius 3 is 2.65 bits per heavy atom. The lowest BCUT2D eigenvalue weighted by Gasteiger charge is -2.15. The van der Waals surface area contributed by atoms with Crippen LogP contribution in [0.1, 0.15) is 29.5 Å². The van der Waals surface area contributed by atoms with Gasteiger partial charge in [0.15, 0.2) is 0 Å². The monoisotopic (exact) mass is 311 g/mol. The van der Waals surface area contributed by atoms with Crippen LogP contribution in [0.2, 0.25) is 0 Å². The van der Waals surface area contributed by atoms with E-state index in [0.717, 1.165) is 25.4 Å². The van der Waals surface area contributed by atoms with E-state index in [0.29, 0.717) is 12.7 Å².